The van der Waals surface area contributed by atoms with Crippen LogP contribution in [0.15, 0.2) is 12.1 Å². The van der Waals surface area contributed by atoms with E-state index in [0.717, 1.165) is 25.8 Å². The Morgan fingerprint density at radius 3 is 2.55 bits per heavy atom. The molecule has 1 saturated heterocycles. The van der Waals surface area contributed by atoms with Gasteiger partial charge in [-0.05, 0) is 44.7 Å². The molecule has 1 aliphatic heterocycles. The number of hydrogen-bond acceptors (Lipinski definition) is 5. The largest absolute Gasteiger partial charge is 0.451 e. The molecule has 0 aromatic heterocycles. The summed E-state index contributed by atoms with van der Waals surface area (Å²) in [6.07, 6.45) is 0.127. The highest BCUT2D eigenvalue weighted by Crippen LogP contribution is 2.42. The molecule has 0 bridgehead atoms. The van der Waals surface area contributed by atoms with E-state index < -0.39 is 65.1 Å². The van der Waals surface area contributed by atoms with Gasteiger partial charge in [-0.2, -0.15) is 0 Å². The molecule has 1 aliphatic carbocycles. The van der Waals surface area contributed by atoms with Crippen LogP contribution >= 0.6 is 0 Å². The molecule has 0 radical (unpaired) electrons. The number of nitrogens with one attached hydrogen (secondary N) is 2. The number of esters is 1. The van der Waals surface area contributed by atoms with Crippen LogP contribution in [0.3, 0.4) is 0 Å². The average Bonchev–Trinajstić information content (AvgIpc) is 3.48. The van der Waals surface area contributed by atoms with Crippen molar-refractivity contribution >= 4 is 29.5 Å². The van der Waals surface area contributed by atoms with Gasteiger partial charge in [0.25, 0.3) is 11.8 Å². The van der Waals surface area contributed by atoms with Gasteiger partial charge < -0.3 is 15.4 Å². The first-order valence-corrected chi connectivity index (χ1v) is 8.82. The molecule has 1 aromatic rings. The number of halogens is 3. The Hall–Kier alpha value is -3.11. The lowest BCUT2D eigenvalue weighted by atomic mass is 9.96. The van der Waals surface area contributed by atoms with Gasteiger partial charge in [-0.3, -0.25) is 19.3 Å². The summed E-state index contributed by atoms with van der Waals surface area (Å²) < 4.78 is 44.6. The summed E-state index contributed by atoms with van der Waals surface area (Å²) >= 11 is 0. The normalized spacial score (nSPS) is 22.3. The third-order valence-corrected chi connectivity index (χ3v) is 4.95. The minimum Gasteiger partial charge on any atom is -0.451 e. The maximum atomic E-state index is 13.6. The molecule has 1 aromatic carbocycles. The lowest BCUT2D eigenvalue weighted by molar-refractivity contribution is -0.155. The summed E-state index contributed by atoms with van der Waals surface area (Å²) in [6.45, 7) is 2.04. The average molecular weight is 413 g/mol. The standard InChI is InChI=1S/C18H18F3N3O5/c1-8(15(26)22-11-6-5-10(19)13(20)14(11)21)29-12(25)7-24-16(27)18(2,9-3-4-9)23-17(24)28/h5-6,8-9H,3-4,7H2,1-2H3,(H,22,26)(H,23,28)/t8-,18-/m1/s1. The fourth-order valence-electron chi connectivity index (χ4n) is 3.07. The number of imide groups is 1. The third-order valence-electron chi connectivity index (χ3n) is 4.95. The quantitative estimate of drug-likeness (QED) is 0.420. The second kappa shape index (κ2) is 7.37. The fraction of sp³-hybridized carbons (Fsp3) is 0.444. The zero-order chi connectivity index (χ0) is 21.5. The van der Waals surface area contributed by atoms with E-state index in [2.05, 4.69) is 5.32 Å². The molecular weight excluding hydrogens is 395 g/mol. The van der Waals surface area contributed by atoms with E-state index in [1.807, 2.05) is 5.32 Å². The van der Waals surface area contributed by atoms with Gasteiger partial charge in [-0.1, -0.05) is 0 Å². The minimum absolute atomic E-state index is 0.00988. The highest BCUT2D eigenvalue weighted by atomic mass is 19.2. The predicted molar refractivity (Wildman–Crippen MR) is 91.9 cm³/mol. The van der Waals surface area contributed by atoms with Crippen LogP contribution in [0.5, 0.6) is 0 Å². The summed E-state index contributed by atoms with van der Waals surface area (Å²) in [5.41, 5.74) is -1.70. The molecule has 2 N–H and O–H groups in total. The van der Waals surface area contributed by atoms with Crippen molar-refractivity contribution in [1.29, 1.82) is 0 Å². The van der Waals surface area contributed by atoms with Gasteiger partial charge in [0.15, 0.2) is 23.6 Å². The van der Waals surface area contributed by atoms with Crippen LogP contribution in [0, 0.1) is 23.4 Å². The summed E-state index contributed by atoms with van der Waals surface area (Å²) in [6, 6.07) is 0.702. The van der Waals surface area contributed by atoms with Gasteiger partial charge in [0, 0.05) is 0 Å². The van der Waals surface area contributed by atoms with Crippen LogP contribution in [-0.4, -0.2) is 46.9 Å². The Labute approximate surface area is 163 Å². The van der Waals surface area contributed by atoms with E-state index in [0.29, 0.717) is 11.0 Å². The molecule has 0 spiro atoms. The van der Waals surface area contributed by atoms with Gasteiger partial charge in [-0.25, -0.2) is 18.0 Å². The van der Waals surface area contributed by atoms with Crippen LogP contribution < -0.4 is 10.6 Å². The first-order chi connectivity index (χ1) is 13.5. The molecule has 1 saturated carbocycles. The molecule has 1 heterocycles. The summed E-state index contributed by atoms with van der Waals surface area (Å²) in [5.74, 6) is -7.38. The number of carbonyl (C=O) groups excluding carboxylic acids is 4. The fourth-order valence-corrected chi connectivity index (χ4v) is 3.07. The van der Waals surface area contributed by atoms with E-state index in [4.69, 9.17) is 4.74 Å². The highest BCUT2D eigenvalue weighted by Gasteiger charge is 2.56. The van der Waals surface area contributed by atoms with E-state index in [-0.39, 0.29) is 5.92 Å². The molecule has 0 unspecified atom stereocenters. The van der Waals surface area contributed by atoms with Crippen molar-refractivity contribution < 1.29 is 37.1 Å². The number of ether oxygens (including phenoxy) is 1. The molecule has 3 rings (SSSR count). The third kappa shape index (κ3) is 3.89. The van der Waals surface area contributed by atoms with E-state index >= 15 is 0 Å². The van der Waals surface area contributed by atoms with E-state index in [1.54, 1.807) is 6.92 Å². The van der Waals surface area contributed by atoms with Crippen LogP contribution in [-0.2, 0) is 19.1 Å². The first kappa shape index (κ1) is 20.6. The van der Waals surface area contributed by atoms with Crippen molar-refractivity contribution in [3.05, 3.63) is 29.6 Å². The lowest BCUT2D eigenvalue weighted by Gasteiger charge is -2.21. The number of benzene rings is 1. The smallest absolute Gasteiger partial charge is 0.327 e. The Morgan fingerprint density at radius 1 is 1.28 bits per heavy atom. The maximum absolute atomic E-state index is 13.6. The van der Waals surface area contributed by atoms with Gasteiger partial charge in [0.1, 0.15) is 12.1 Å². The number of carbonyl (C=O) groups is 4. The second-order valence-electron chi connectivity index (χ2n) is 7.14. The molecule has 8 nitrogen and oxygen atoms in total. The van der Waals surface area contributed by atoms with E-state index in [1.165, 1.54) is 0 Å². The number of nitrogens with zero attached hydrogens (tertiary/aromatic N) is 1. The van der Waals surface area contributed by atoms with Crippen molar-refractivity contribution in [2.45, 2.75) is 38.3 Å². The SMILES string of the molecule is C[C@@H](OC(=O)CN1C(=O)N[C@](C)(C2CC2)C1=O)C(=O)Nc1ccc(F)c(F)c1F. The highest BCUT2D eigenvalue weighted by molar-refractivity contribution is 6.09. The van der Waals surface area contributed by atoms with Gasteiger partial charge >= 0.3 is 12.0 Å². The number of urea groups is 1. The van der Waals surface area contributed by atoms with Crippen molar-refractivity contribution in [1.82, 2.24) is 10.2 Å². The Balaban J connectivity index is 1.58. The molecule has 2 fully saturated rings. The second-order valence-corrected chi connectivity index (χ2v) is 7.14. The topological polar surface area (TPSA) is 105 Å². The number of hydrogen-bond donors (Lipinski definition) is 2. The summed E-state index contributed by atoms with van der Waals surface area (Å²) in [7, 11) is 0. The van der Waals surface area contributed by atoms with Crippen molar-refractivity contribution in [3.63, 3.8) is 0 Å². The van der Waals surface area contributed by atoms with E-state index in [9.17, 15) is 32.3 Å². The minimum atomic E-state index is -1.76. The van der Waals surface area contributed by atoms with Crippen molar-refractivity contribution in [2.75, 3.05) is 11.9 Å². The number of amides is 4. The Kier molecular flexibility index (Phi) is 5.24. The molecular formula is C18H18F3N3O5. The molecule has 2 aliphatic rings. The van der Waals surface area contributed by atoms with Gasteiger partial charge in [-0.15, -0.1) is 0 Å². The molecule has 156 valence electrons. The van der Waals surface area contributed by atoms with Crippen LogP contribution in [0.2, 0.25) is 0 Å². The summed E-state index contributed by atoms with van der Waals surface area (Å²) in [4.78, 5) is 49.3. The Morgan fingerprint density at radius 2 is 1.93 bits per heavy atom. The Bertz CT molecular complexity index is 905. The molecule has 2 atom stereocenters. The molecule has 29 heavy (non-hydrogen) atoms. The van der Waals surface area contributed by atoms with Crippen LogP contribution in [0.25, 0.3) is 0 Å². The zero-order valence-corrected chi connectivity index (χ0v) is 15.6. The molecule has 11 heteroatoms. The maximum Gasteiger partial charge on any atom is 0.327 e. The monoisotopic (exact) mass is 413 g/mol. The van der Waals surface area contributed by atoms with Crippen molar-refractivity contribution in [2.24, 2.45) is 5.92 Å². The van der Waals surface area contributed by atoms with Crippen LogP contribution in [0.4, 0.5) is 23.7 Å². The zero-order valence-electron chi connectivity index (χ0n) is 15.6. The predicted octanol–water partition coefficient (Wildman–Crippen LogP) is 1.69. The van der Waals surface area contributed by atoms with Gasteiger partial charge in [0.05, 0.1) is 5.69 Å². The van der Waals surface area contributed by atoms with Gasteiger partial charge in [0.2, 0.25) is 0 Å². The van der Waals surface area contributed by atoms with Crippen LogP contribution in [0.1, 0.15) is 26.7 Å². The first-order valence-electron chi connectivity index (χ1n) is 8.82. The lowest BCUT2D eigenvalue weighted by Crippen LogP contribution is -2.46. The number of rotatable bonds is 6. The summed E-state index contributed by atoms with van der Waals surface area (Å²) in [5, 5.41) is 4.54. The number of anilines is 1. The van der Waals surface area contributed by atoms with Crippen molar-refractivity contribution in [3.8, 4) is 0 Å². The molecule has 4 amide bonds.